The van der Waals surface area contributed by atoms with E-state index in [0.29, 0.717) is 22.5 Å². The number of nitrogens with zero attached hydrogens (tertiary/aromatic N) is 1. The molecule has 0 fully saturated rings. The van der Waals surface area contributed by atoms with Crippen LogP contribution in [0, 0.1) is 0 Å². The molecule has 0 unspecified atom stereocenters. The second-order valence-corrected chi connectivity index (χ2v) is 5.19. The van der Waals surface area contributed by atoms with Gasteiger partial charge in [0.25, 0.3) is 0 Å². The van der Waals surface area contributed by atoms with Crippen LogP contribution in [0.1, 0.15) is 16.1 Å². The fourth-order valence-electron chi connectivity index (χ4n) is 2.39. The molecule has 1 heterocycles. The standard InChI is InChI=1S/C16H12ClNO3/c17-11-6-4-10(5-7-11)9-18-13-2-1-3-15(19)12(13)8-14(18)16(20)21/h1-8,19H,9H2,(H,20,21). The highest BCUT2D eigenvalue weighted by molar-refractivity contribution is 6.30. The van der Waals surface area contributed by atoms with Crippen molar-refractivity contribution in [2.24, 2.45) is 0 Å². The number of phenols is 1. The maximum Gasteiger partial charge on any atom is 0.352 e. The molecule has 2 aromatic carbocycles. The first kappa shape index (κ1) is 13.5. The highest BCUT2D eigenvalue weighted by atomic mass is 35.5. The van der Waals surface area contributed by atoms with Gasteiger partial charge in [-0.25, -0.2) is 4.79 Å². The van der Waals surface area contributed by atoms with Crippen LogP contribution in [0.5, 0.6) is 5.75 Å². The first-order valence-electron chi connectivity index (χ1n) is 6.35. The number of hydrogen-bond donors (Lipinski definition) is 2. The number of carboxylic acids is 1. The van der Waals surface area contributed by atoms with Crippen LogP contribution in [0.3, 0.4) is 0 Å². The minimum Gasteiger partial charge on any atom is -0.507 e. The van der Waals surface area contributed by atoms with Crippen molar-refractivity contribution in [2.75, 3.05) is 0 Å². The quantitative estimate of drug-likeness (QED) is 0.774. The summed E-state index contributed by atoms with van der Waals surface area (Å²) in [7, 11) is 0. The lowest BCUT2D eigenvalue weighted by Gasteiger charge is -2.09. The number of carbonyl (C=O) groups is 1. The number of carboxylic acid groups (broad SMARTS) is 1. The smallest absolute Gasteiger partial charge is 0.352 e. The number of phenolic OH excluding ortho intramolecular Hbond substituents is 1. The van der Waals surface area contributed by atoms with E-state index in [1.807, 2.05) is 12.1 Å². The van der Waals surface area contributed by atoms with Gasteiger partial charge in [-0.2, -0.15) is 0 Å². The van der Waals surface area contributed by atoms with Gasteiger partial charge in [-0.05, 0) is 35.9 Å². The Morgan fingerprint density at radius 1 is 1.14 bits per heavy atom. The highest BCUT2D eigenvalue weighted by Gasteiger charge is 2.16. The third-order valence-corrected chi connectivity index (χ3v) is 3.65. The second-order valence-electron chi connectivity index (χ2n) is 4.76. The monoisotopic (exact) mass is 301 g/mol. The molecule has 4 nitrogen and oxygen atoms in total. The molecule has 0 aliphatic heterocycles. The Hall–Kier alpha value is -2.46. The van der Waals surface area contributed by atoms with Gasteiger partial charge in [0.05, 0.1) is 5.52 Å². The summed E-state index contributed by atoms with van der Waals surface area (Å²) in [5.74, 6) is -0.954. The summed E-state index contributed by atoms with van der Waals surface area (Å²) in [6.07, 6.45) is 0. The van der Waals surface area contributed by atoms with Crippen molar-refractivity contribution in [3.8, 4) is 5.75 Å². The molecule has 0 bridgehead atoms. The van der Waals surface area contributed by atoms with Crippen molar-refractivity contribution in [2.45, 2.75) is 6.54 Å². The minimum absolute atomic E-state index is 0.0739. The van der Waals surface area contributed by atoms with Crippen LogP contribution in [0.15, 0.2) is 48.5 Å². The zero-order valence-corrected chi connectivity index (χ0v) is 11.7. The maximum atomic E-state index is 11.4. The van der Waals surface area contributed by atoms with E-state index in [2.05, 4.69) is 0 Å². The van der Waals surface area contributed by atoms with Crippen molar-refractivity contribution < 1.29 is 15.0 Å². The van der Waals surface area contributed by atoms with E-state index in [4.69, 9.17) is 11.6 Å². The number of aromatic carboxylic acids is 1. The molecular weight excluding hydrogens is 290 g/mol. The van der Waals surface area contributed by atoms with Gasteiger partial charge in [0.1, 0.15) is 11.4 Å². The number of aromatic hydroxyl groups is 1. The minimum atomic E-state index is -1.03. The number of fused-ring (bicyclic) bond motifs is 1. The first-order chi connectivity index (χ1) is 10.1. The van der Waals surface area contributed by atoms with E-state index < -0.39 is 5.97 Å². The van der Waals surface area contributed by atoms with Crippen molar-refractivity contribution in [3.63, 3.8) is 0 Å². The Balaban J connectivity index is 2.15. The predicted molar refractivity (Wildman–Crippen MR) is 81.1 cm³/mol. The number of benzene rings is 2. The lowest BCUT2D eigenvalue weighted by molar-refractivity contribution is 0.0686. The molecule has 106 valence electrons. The van der Waals surface area contributed by atoms with E-state index in [1.165, 1.54) is 6.07 Å². The van der Waals surface area contributed by atoms with Crippen LogP contribution in [0.2, 0.25) is 5.02 Å². The van der Waals surface area contributed by atoms with Crippen LogP contribution in [0.25, 0.3) is 10.9 Å². The summed E-state index contributed by atoms with van der Waals surface area (Å²) in [5.41, 5.74) is 1.76. The van der Waals surface area contributed by atoms with Gasteiger partial charge in [0.15, 0.2) is 0 Å². The molecule has 2 N–H and O–H groups in total. The molecule has 0 spiro atoms. The Bertz CT molecular complexity index is 821. The Kier molecular flexibility index (Phi) is 3.31. The molecule has 5 heteroatoms. The second kappa shape index (κ2) is 5.14. The van der Waals surface area contributed by atoms with Gasteiger partial charge in [0.2, 0.25) is 0 Å². The molecule has 21 heavy (non-hydrogen) atoms. The molecule has 0 aliphatic carbocycles. The third-order valence-electron chi connectivity index (χ3n) is 3.40. The Morgan fingerprint density at radius 3 is 2.52 bits per heavy atom. The average Bonchev–Trinajstić information content (AvgIpc) is 2.82. The summed E-state index contributed by atoms with van der Waals surface area (Å²) in [6.45, 7) is 0.395. The SMILES string of the molecule is O=C(O)c1cc2c(O)cccc2n1Cc1ccc(Cl)cc1. The average molecular weight is 302 g/mol. The topological polar surface area (TPSA) is 62.5 Å². The summed E-state index contributed by atoms with van der Waals surface area (Å²) < 4.78 is 1.67. The molecule has 0 saturated carbocycles. The van der Waals surface area contributed by atoms with E-state index in [-0.39, 0.29) is 11.4 Å². The van der Waals surface area contributed by atoms with Gasteiger partial charge in [0, 0.05) is 17.0 Å². The van der Waals surface area contributed by atoms with Crippen molar-refractivity contribution >= 4 is 28.5 Å². The molecule has 0 aliphatic rings. The molecule has 0 atom stereocenters. The fourth-order valence-corrected chi connectivity index (χ4v) is 2.51. The molecule has 0 saturated heterocycles. The third kappa shape index (κ3) is 2.45. The molecular formula is C16H12ClNO3. The van der Waals surface area contributed by atoms with Crippen LogP contribution < -0.4 is 0 Å². The summed E-state index contributed by atoms with van der Waals surface area (Å²) in [6, 6.07) is 13.7. The summed E-state index contributed by atoms with van der Waals surface area (Å²) in [5, 5.41) is 20.4. The highest BCUT2D eigenvalue weighted by Crippen LogP contribution is 2.28. The zero-order valence-electron chi connectivity index (χ0n) is 11.0. The fraction of sp³-hybridized carbons (Fsp3) is 0.0625. The van der Waals surface area contributed by atoms with E-state index >= 15 is 0 Å². The zero-order chi connectivity index (χ0) is 15.0. The number of rotatable bonds is 3. The molecule has 1 aromatic heterocycles. The summed E-state index contributed by atoms with van der Waals surface area (Å²) >= 11 is 5.86. The Morgan fingerprint density at radius 2 is 1.86 bits per heavy atom. The number of halogens is 1. The molecule has 3 rings (SSSR count). The normalized spacial score (nSPS) is 10.9. The van der Waals surface area contributed by atoms with Gasteiger partial charge in [-0.15, -0.1) is 0 Å². The van der Waals surface area contributed by atoms with Crippen molar-refractivity contribution in [1.29, 1.82) is 0 Å². The lowest BCUT2D eigenvalue weighted by atomic mass is 10.2. The molecule has 3 aromatic rings. The van der Waals surface area contributed by atoms with Gasteiger partial charge < -0.3 is 14.8 Å². The van der Waals surface area contributed by atoms with Crippen LogP contribution in [-0.4, -0.2) is 20.7 Å². The van der Waals surface area contributed by atoms with E-state index in [1.54, 1.807) is 34.9 Å². The van der Waals surface area contributed by atoms with Crippen LogP contribution in [0.4, 0.5) is 0 Å². The number of hydrogen-bond acceptors (Lipinski definition) is 2. The van der Waals surface area contributed by atoms with E-state index in [0.717, 1.165) is 5.56 Å². The van der Waals surface area contributed by atoms with Gasteiger partial charge in [-0.1, -0.05) is 29.8 Å². The van der Waals surface area contributed by atoms with Crippen LogP contribution >= 0.6 is 11.6 Å². The van der Waals surface area contributed by atoms with E-state index in [9.17, 15) is 15.0 Å². The predicted octanol–water partition coefficient (Wildman–Crippen LogP) is 3.75. The largest absolute Gasteiger partial charge is 0.507 e. The molecule has 0 radical (unpaired) electrons. The van der Waals surface area contributed by atoms with Crippen molar-refractivity contribution in [1.82, 2.24) is 4.57 Å². The first-order valence-corrected chi connectivity index (χ1v) is 6.73. The maximum absolute atomic E-state index is 11.4. The Labute approximate surface area is 125 Å². The molecule has 0 amide bonds. The lowest BCUT2D eigenvalue weighted by Crippen LogP contribution is -2.09. The van der Waals surface area contributed by atoms with Gasteiger partial charge in [-0.3, -0.25) is 0 Å². The van der Waals surface area contributed by atoms with Gasteiger partial charge >= 0.3 is 5.97 Å². The van der Waals surface area contributed by atoms with Crippen LogP contribution in [-0.2, 0) is 6.54 Å². The summed E-state index contributed by atoms with van der Waals surface area (Å²) in [4.78, 5) is 11.4. The van der Waals surface area contributed by atoms with Crippen molar-refractivity contribution in [3.05, 3.63) is 64.8 Å². The number of aromatic nitrogens is 1.